The molecule has 0 spiro atoms. The Balaban J connectivity index is 2.87. The van der Waals surface area contributed by atoms with Crippen LogP contribution in [0, 0.1) is 15.5 Å². The smallest absolute Gasteiger partial charge is 0.283 e. The number of amides is 1. The van der Waals surface area contributed by atoms with Crippen LogP contribution in [-0.4, -0.2) is 16.9 Å². The Bertz CT molecular complexity index is 511. The van der Waals surface area contributed by atoms with Crippen molar-refractivity contribution in [2.24, 2.45) is 11.1 Å². The summed E-state index contributed by atoms with van der Waals surface area (Å²) in [6.45, 7) is 5.59. The van der Waals surface area contributed by atoms with Crippen molar-refractivity contribution in [2.75, 3.05) is 5.32 Å². The second kappa shape index (κ2) is 5.66. The van der Waals surface area contributed by atoms with E-state index in [1.165, 1.54) is 18.2 Å². The van der Waals surface area contributed by atoms with Gasteiger partial charge in [0.2, 0.25) is 5.91 Å². The highest BCUT2D eigenvalue weighted by Gasteiger charge is 2.27. The van der Waals surface area contributed by atoms with E-state index < -0.39 is 11.0 Å². The molecule has 0 saturated heterocycles. The monoisotopic (exact) mass is 329 g/mol. The predicted molar refractivity (Wildman–Crippen MR) is 76.9 cm³/mol. The van der Waals surface area contributed by atoms with Crippen LogP contribution in [0.4, 0.5) is 11.4 Å². The summed E-state index contributed by atoms with van der Waals surface area (Å²) in [7, 11) is 0. The molecule has 1 aromatic rings. The van der Waals surface area contributed by atoms with E-state index in [4.69, 9.17) is 5.73 Å². The number of carbonyl (C=O) groups excluding carboxylic acids is 1. The van der Waals surface area contributed by atoms with Gasteiger partial charge in [0, 0.05) is 11.8 Å². The lowest BCUT2D eigenvalue weighted by Gasteiger charge is -2.25. The van der Waals surface area contributed by atoms with Crippen molar-refractivity contribution in [3.8, 4) is 0 Å². The van der Waals surface area contributed by atoms with Crippen LogP contribution in [0.25, 0.3) is 0 Å². The van der Waals surface area contributed by atoms with Crippen LogP contribution in [0.5, 0.6) is 0 Å². The molecular formula is C12H16BrN3O3. The number of rotatable bonds is 3. The van der Waals surface area contributed by atoms with Gasteiger partial charge >= 0.3 is 0 Å². The van der Waals surface area contributed by atoms with E-state index in [1.54, 1.807) is 0 Å². The van der Waals surface area contributed by atoms with Crippen molar-refractivity contribution < 1.29 is 9.72 Å². The van der Waals surface area contributed by atoms with Gasteiger partial charge in [-0.05, 0) is 33.5 Å². The fourth-order valence-electron chi connectivity index (χ4n) is 1.35. The molecule has 0 radical (unpaired) electrons. The zero-order chi connectivity index (χ0) is 14.8. The standard InChI is InChI=1S/C12H16BrN3O3/c1-12(2,3)10(14)11(17)15-7-4-5-9(16(18)19)8(13)6-7/h4-6,10H,14H2,1-3H3,(H,15,17). The van der Waals surface area contributed by atoms with Gasteiger partial charge in [-0.2, -0.15) is 0 Å². The molecule has 0 aromatic heterocycles. The molecule has 6 nitrogen and oxygen atoms in total. The lowest BCUT2D eigenvalue weighted by molar-refractivity contribution is -0.385. The Morgan fingerprint density at radius 2 is 2.05 bits per heavy atom. The number of nitro groups is 1. The number of carbonyl (C=O) groups is 1. The fraction of sp³-hybridized carbons (Fsp3) is 0.417. The Kier molecular flexibility index (Phi) is 4.65. The van der Waals surface area contributed by atoms with Crippen molar-refractivity contribution in [2.45, 2.75) is 26.8 Å². The Morgan fingerprint density at radius 1 is 1.47 bits per heavy atom. The first-order valence-corrected chi connectivity index (χ1v) is 6.42. The summed E-state index contributed by atoms with van der Waals surface area (Å²) in [5.41, 5.74) is 5.87. The highest BCUT2D eigenvalue weighted by molar-refractivity contribution is 9.10. The molecule has 1 amide bonds. The number of benzene rings is 1. The lowest BCUT2D eigenvalue weighted by Crippen LogP contribution is -2.45. The van der Waals surface area contributed by atoms with E-state index >= 15 is 0 Å². The zero-order valence-corrected chi connectivity index (χ0v) is 12.5. The molecule has 0 heterocycles. The van der Waals surface area contributed by atoms with Crippen LogP contribution in [0.3, 0.4) is 0 Å². The van der Waals surface area contributed by atoms with Gasteiger partial charge in [-0.1, -0.05) is 20.8 Å². The first kappa shape index (κ1) is 15.6. The number of hydrogen-bond acceptors (Lipinski definition) is 4. The van der Waals surface area contributed by atoms with Crippen LogP contribution in [0.1, 0.15) is 20.8 Å². The minimum absolute atomic E-state index is 0.0573. The van der Waals surface area contributed by atoms with E-state index in [1.807, 2.05) is 20.8 Å². The molecule has 1 rings (SSSR count). The highest BCUT2D eigenvalue weighted by Crippen LogP contribution is 2.28. The first-order valence-electron chi connectivity index (χ1n) is 5.63. The van der Waals surface area contributed by atoms with E-state index in [0.717, 1.165) is 0 Å². The number of anilines is 1. The number of halogens is 1. The number of nitro benzene ring substituents is 1. The average molecular weight is 330 g/mol. The molecule has 1 aromatic carbocycles. The van der Waals surface area contributed by atoms with E-state index in [0.29, 0.717) is 10.2 Å². The molecule has 104 valence electrons. The maximum Gasteiger partial charge on any atom is 0.283 e. The predicted octanol–water partition coefficient (Wildman–Crippen LogP) is 2.67. The second-order valence-corrected chi connectivity index (χ2v) is 6.11. The minimum Gasteiger partial charge on any atom is -0.325 e. The van der Waals surface area contributed by atoms with Crippen molar-refractivity contribution in [3.63, 3.8) is 0 Å². The summed E-state index contributed by atoms with van der Waals surface area (Å²) in [6.07, 6.45) is 0. The van der Waals surface area contributed by atoms with Gasteiger partial charge in [-0.25, -0.2) is 0 Å². The summed E-state index contributed by atoms with van der Waals surface area (Å²) in [5, 5.41) is 13.3. The quantitative estimate of drug-likeness (QED) is 0.657. The fourth-order valence-corrected chi connectivity index (χ4v) is 1.87. The molecule has 3 N–H and O–H groups in total. The van der Waals surface area contributed by atoms with Crippen molar-refractivity contribution in [1.29, 1.82) is 0 Å². The number of nitrogens with zero attached hydrogens (tertiary/aromatic N) is 1. The molecular weight excluding hydrogens is 314 g/mol. The van der Waals surface area contributed by atoms with Gasteiger partial charge in [0.1, 0.15) is 0 Å². The highest BCUT2D eigenvalue weighted by atomic mass is 79.9. The molecule has 7 heteroatoms. The van der Waals surface area contributed by atoms with Crippen LogP contribution in [0.15, 0.2) is 22.7 Å². The molecule has 0 bridgehead atoms. The van der Waals surface area contributed by atoms with Crippen molar-refractivity contribution >= 4 is 33.2 Å². The first-order chi connectivity index (χ1) is 8.62. The van der Waals surface area contributed by atoms with Crippen LogP contribution >= 0.6 is 15.9 Å². The Labute approximate surface area is 119 Å². The molecule has 0 aliphatic carbocycles. The summed E-state index contributed by atoms with van der Waals surface area (Å²) in [4.78, 5) is 22.1. The molecule has 0 aliphatic rings. The van der Waals surface area contributed by atoms with E-state index in [9.17, 15) is 14.9 Å². The molecule has 0 saturated carbocycles. The van der Waals surface area contributed by atoms with Gasteiger partial charge in [0.15, 0.2) is 0 Å². The molecule has 1 atom stereocenters. The zero-order valence-electron chi connectivity index (χ0n) is 10.9. The van der Waals surface area contributed by atoms with Gasteiger partial charge in [-0.3, -0.25) is 14.9 Å². The number of hydrogen-bond donors (Lipinski definition) is 2. The van der Waals surface area contributed by atoms with Gasteiger partial charge in [0.05, 0.1) is 15.4 Å². The van der Waals surface area contributed by atoms with Crippen LogP contribution in [-0.2, 0) is 4.79 Å². The Hall–Kier alpha value is -1.47. The molecule has 19 heavy (non-hydrogen) atoms. The lowest BCUT2D eigenvalue weighted by atomic mass is 9.87. The Morgan fingerprint density at radius 3 is 2.47 bits per heavy atom. The average Bonchev–Trinajstić information content (AvgIpc) is 2.26. The van der Waals surface area contributed by atoms with Gasteiger partial charge in [-0.15, -0.1) is 0 Å². The summed E-state index contributed by atoms with van der Waals surface area (Å²) in [6, 6.07) is 3.60. The topological polar surface area (TPSA) is 98.3 Å². The molecule has 0 aliphatic heterocycles. The summed E-state index contributed by atoms with van der Waals surface area (Å²) < 4.78 is 0.305. The second-order valence-electron chi connectivity index (χ2n) is 5.26. The van der Waals surface area contributed by atoms with Gasteiger partial charge in [0.25, 0.3) is 5.69 Å². The van der Waals surface area contributed by atoms with Gasteiger partial charge < -0.3 is 11.1 Å². The van der Waals surface area contributed by atoms with Crippen molar-refractivity contribution in [3.05, 3.63) is 32.8 Å². The number of nitrogens with two attached hydrogens (primary N) is 1. The van der Waals surface area contributed by atoms with Crippen LogP contribution < -0.4 is 11.1 Å². The summed E-state index contributed by atoms with van der Waals surface area (Å²) >= 11 is 3.09. The third-order valence-corrected chi connectivity index (χ3v) is 3.26. The maximum atomic E-state index is 11.9. The van der Waals surface area contributed by atoms with Crippen LogP contribution in [0.2, 0.25) is 0 Å². The summed E-state index contributed by atoms with van der Waals surface area (Å²) in [5.74, 6) is -0.326. The maximum absolute atomic E-state index is 11.9. The largest absolute Gasteiger partial charge is 0.325 e. The normalized spacial score (nSPS) is 12.9. The van der Waals surface area contributed by atoms with E-state index in [2.05, 4.69) is 21.2 Å². The third-order valence-electron chi connectivity index (χ3n) is 2.63. The molecule has 0 fully saturated rings. The molecule has 1 unspecified atom stereocenters. The SMILES string of the molecule is CC(C)(C)C(N)C(=O)Nc1ccc([N+](=O)[O-])c(Br)c1. The van der Waals surface area contributed by atoms with Crippen molar-refractivity contribution in [1.82, 2.24) is 0 Å². The minimum atomic E-state index is -0.665. The van der Waals surface area contributed by atoms with E-state index in [-0.39, 0.29) is 17.0 Å². The third kappa shape index (κ3) is 4.00. The number of nitrogens with one attached hydrogen (secondary N) is 1.